The van der Waals surface area contributed by atoms with E-state index >= 15 is 0 Å². The summed E-state index contributed by atoms with van der Waals surface area (Å²) in [5, 5.41) is 3.11. The van der Waals surface area contributed by atoms with E-state index < -0.39 is 10.0 Å². The highest BCUT2D eigenvalue weighted by molar-refractivity contribution is 7.89. The van der Waals surface area contributed by atoms with Crippen LogP contribution in [0.5, 0.6) is 0 Å². The van der Waals surface area contributed by atoms with E-state index in [0.29, 0.717) is 12.5 Å². The highest BCUT2D eigenvalue weighted by atomic mass is 32.2. The molecule has 1 aromatic rings. The molecule has 1 aliphatic carbocycles. The maximum Gasteiger partial charge on any atom is 0.258 e. The van der Waals surface area contributed by atoms with Crippen molar-refractivity contribution >= 4 is 10.0 Å². The lowest BCUT2D eigenvalue weighted by Gasteiger charge is -2.06. The number of pyridine rings is 1. The van der Waals surface area contributed by atoms with Crippen LogP contribution >= 0.6 is 0 Å². The average Bonchev–Trinajstić information content (AvgIpc) is 3.08. The summed E-state index contributed by atoms with van der Waals surface area (Å²) in [6.07, 6.45) is 4.73. The van der Waals surface area contributed by atoms with Crippen molar-refractivity contribution in [3.05, 3.63) is 23.9 Å². The Morgan fingerprint density at radius 1 is 1.42 bits per heavy atom. The second-order valence-electron chi connectivity index (χ2n) is 5.05. The molecule has 0 bridgehead atoms. The fraction of sp³-hybridized carbons (Fsp3) is 0.615. The van der Waals surface area contributed by atoms with Gasteiger partial charge in [-0.15, -0.1) is 0 Å². The number of hydrogen-bond acceptors (Lipinski definition) is 4. The molecule has 19 heavy (non-hydrogen) atoms. The van der Waals surface area contributed by atoms with E-state index in [0.717, 1.165) is 24.8 Å². The molecule has 6 heteroatoms. The molecule has 106 valence electrons. The van der Waals surface area contributed by atoms with Crippen LogP contribution < -0.4 is 10.0 Å². The van der Waals surface area contributed by atoms with Crippen LogP contribution in [-0.2, 0) is 16.6 Å². The summed E-state index contributed by atoms with van der Waals surface area (Å²) in [6.45, 7) is 2.80. The predicted octanol–water partition coefficient (Wildman–Crippen LogP) is 1.27. The quantitative estimate of drug-likeness (QED) is 0.790. The van der Waals surface area contributed by atoms with Crippen molar-refractivity contribution in [3.8, 4) is 0 Å². The third kappa shape index (κ3) is 3.75. The first-order valence-electron chi connectivity index (χ1n) is 6.68. The number of nitrogens with zero attached hydrogens (tertiary/aromatic N) is 1. The molecule has 1 aliphatic rings. The number of sulfonamides is 1. The van der Waals surface area contributed by atoms with Gasteiger partial charge in [-0.25, -0.2) is 18.1 Å². The van der Waals surface area contributed by atoms with E-state index in [1.54, 1.807) is 18.3 Å². The van der Waals surface area contributed by atoms with Crippen molar-refractivity contribution in [1.82, 2.24) is 15.0 Å². The lowest BCUT2D eigenvalue weighted by atomic mass is 10.2. The Morgan fingerprint density at radius 3 is 2.79 bits per heavy atom. The summed E-state index contributed by atoms with van der Waals surface area (Å²) >= 11 is 0. The smallest absolute Gasteiger partial charge is 0.258 e. The summed E-state index contributed by atoms with van der Waals surface area (Å²) in [6, 6.07) is 3.45. The minimum Gasteiger partial charge on any atom is -0.316 e. The molecule has 1 heterocycles. The molecule has 2 N–H and O–H groups in total. The Bertz CT molecular complexity index is 513. The molecule has 1 aromatic heterocycles. The van der Waals surface area contributed by atoms with Crippen molar-refractivity contribution in [1.29, 1.82) is 0 Å². The molecule has 0 saturated heterocycles. The van der Waals surface area contributed by atoms with Gasteiger partial charge in [-0.3, -0.25) is 0 Å². The van der Waals surface area contributed by atoms with E-state index in [9.17, 15) is 8.42 Å². The number of hydrogen-bond donors (Lipinski definition) is 2. The zero-order valence-corrected chi connectivity index (χ0v) is 12.2. The van der Waals surface area contributed by atoms with Gasteiger partial charge in [-0.1, -0.05) is 19.4 Å². The van der Waals surface area contributed by atoms with Gasteiger partial charge in [0.2, 0.25) is 0 Å². The Labute approximate surface area is 114 Å². The van der Waals surface area contributed by atoms with Gasteiger partial charge in [-0.05, 0) is 37.4 Å². The van der Waals surface area contributed by atoms with Crippen LogP contribution in [0, 0.1) is 5.92 Å². The van der Waals surface area contributed by atoms with E-state index in [1.165, 1.54) is 0 Å². The van der Waals surface area contributed by atoms with Crippen molar-refractivity contribution in [2.45, 2.75) is 43.8 Å². The fourth-order valence-corrected chi connectivity index (χ4v) is 3.47. The van der Waals surface area contributed by atoms with E-state index in [4.69, 9.17) is 0 Å². The number of aromatic nitrogens is 1. The SMILES string of the molecule is CCCC1CC1NS(=O)(=O)c1ccc(CNC)cn1. The van der Waals surface area contributed by atoms with Gasteiger partial charge in [0.1, 0.15) is 0 Å². The molecule has 0 aliphatic heterocycles. The van der Waals surface area contributed by atoms with Crippen LogP contribution in [0.4, 0.5) is 0 Å². The molecule has 5 nitrogen and oxygen atoms in total. The standard InChI is InChI=1S/C13H21N3O2S/c1-3-4-11-7-12(11)16-19(17,18)13-6-5-10(8-14-2)9-15-13/h5-6,9,11-12,14,16H,3-4,7-8H2,1-2H3. The molecule has 0 amide bonds. The Morgan fingerprint density at radius 2 is 2.21 bits per heavy atom. The Kier molecular flexibility index (Phi) is 4.54. The topological polar surface area (TPSA) is 71.1 Å². The van der Waals surface area contributed by atoms with Gasteiger partial charge < -0.3 is 5.32 Å². The Balaban J connectivity index is 1.99. The summed E-state index contributed by atoms with van der Waals surface area (Å²) < 4.78 is 27.0. The zero-order valence-electron chi connectivity index (χ0n) is 11.4. The van der Waals surface area contributed by atoms with Crippen LogP contribution in [0.3, 0.4) is 0 Å². The van der Waals surface area contributed by atoms with Crippen LogP contribution in [0.2, 0.25) is 0 Å². The summed E-state index contributed by atoms with van der Waals surface area (Å²) in [5.74, 6) is 0.503. The molecule has 1 saturated carbocycles. The fourth-order valence-electron chi connectivity index (χ4n) is 2.22. The van der Waals surface area contributed by atoms with Gasteiger partial charge in [0, 0.05) is 18.8 Å². The molecule has 0 radical (unpaired) electrons. The van der Waals surface area contributed by atoms with Crippen molar-refractivity contribution in [2.75, 3.05) is 7.05 Å². The lowest BCUT2D eigenvalue weighted by Crippen LogP contribution is -2.27. The minimum absolute atomic E-state index is 0.101. The molecule has 2 atom stereocenters. The summed E-state index contributed by atoms with van der Waals surface area (Å²) in [4.78, 5) is 4.03. The predicted molar refractivity (Wildman–Crippen MR) is 74.1 cm³/mol. The highest BCUT2D eigenvalue weighted by Gasteiger charge is 2.39. The average molecular weight is 283 g/mol. The normalized spacial score (nSPS) is 22.4. The minimum atomic E-state index is -3.46. The first-order chi connectivity index (χ1) is 9.06. The van der Waals surface area contributed by atoms with Crippen LogP contribution in [-0.4, -0.2) is 26.5 Å². The third-order valence-electron chi connectivity index (χ3n) is 3.34. The van der Waals surface area contributed by atoms with Gasteiger partial charge in [0.25, 0.3) is 10.0 Å². The number of nitrogens with one attached hydrogen (secondary N) is 2. The van der Waals surface area contributed by atoms with Gasteiger partial charge in [-0.2, -0.15) is 0 Å². The lowest BCUT2D eigenvalue weighted by molar-refractivity contribution is 0.569. The number of rotatable bonds is 7. The first-order valence-corrected chi connectivity index (χ1v) is 8.17. The van der Waals surface area contributed by atoms with Gasteiger partial charge in [0.05, 0.1) is 0 Å². The van der Waals surface area contributed by atoms with Gasteiger partial charge >= 0.3 is 0 Å². The van der Waals surface area contributed by atoms with Crippen molar-refractivity contribution in [2.24, 2.45) is 5.92 Å². The monoisotopic (exact) mass is 283 g/mol. The van der Waals surface area contributed by atoms with Crippen molar-refractivity contribution in [3.63, 3.8) is 0 Å². The Hall–Kier alpha value is -0.980. The molecule has 2 rings (SSSR count). The molecule has 0 spiro atoms. The zero-order chi connectivity index (χ0) is 13.9. The van der Waals surface area contributed by atoms with Crippen molar-refractivity contribution < 1.29 is 8.42 Å². The van der Waals surface area contributed by atoms with Gasteiger partial charge in [0.15, 0.2) is 5.03 Å². The van der Waals surface area contributed by atoms with Crippen LogP contribution in [0.25, 0.3) is 0 Å². The van der Waals surface area contributed by atoms with Crippen LogP contribution in [0.1, 0.15) is 31.7 Å². The first kappa shape index (κ1) is 14.4. The maximum atomic E-state index is 12.1. The second kappa shape index (κ2) is 5.98. The molecular weight excluding hydrogens is 262 g/mol. The molecular formula is C13H21N3O2S. The van der Waals surface area contributed by atoms with E-state index in [-0.39, 0.29) is 11.1 Å². The largest absolute Gasteiger partial charge is 0.316 e. The third-order valence-corrected chi connectivity index (χ3v) is 4.75. The highest BCUT2D eigenvalue weighted by Crippen LogP contribution is 2.35. The summed E-state index contributed by atoms with van der Waals surface area (Å²) in [7, 11) is -1.62. The van der Waals surface area contributed by atoms with Crippen LogP contribution in [0.15, 0.2) is 23.4 Å². The van der Waals surface area contributed by atoms with E-state index in [2.05, 4.69) is 21.9 Å². The second-order valence-corrected chi connectivity index (χ2v) is 6.71. The molecule has 0 aromatic carbocycles. The molecule has 1 fully saturated rings. The van der Waals surface area contributed by atoms with E-state index in [1.807, 2.05) is 7.05 Å². The maximum absolute atomic E-state index is 12.1. The summed E-state index contributed by atoms with van der Waals surface area (Å²) in [5.41, 5.74) is 0.969. The molecule has 2 unspecified atom stereocenters.